The molecule has 0 aliphatic carbocycles. The normalized spacial score (nSPS) is 12.9. The summed E-state index contributed by atoms with van der Waals surface area (Å²) < 4.78 is 39.7. The van der Waals surface area contributed by atoms with Crippen LogP contribution in [-0.4, -0.2) is 20.7 Å². The smallest absolute Gasteiger partial charge is 0.402 e. The molecule has 0 radical (unpaired) electrons. The molecule has 1 amide bonds. The number of alkyl halides is 3. The highest BCUT2D eigenvalue weighted by atomic mass is 35.5. The average molecular weight is 465 g/mol. The predicted molar refractivity (Wildman–Crippen MR) is 117 cm³/mol. The van der Waals surface area contributed by atoms with E-state index in [0.29, 0.717) is 28.1 Å². The summed E-state index contributed by atoms with van der Waals surface area (Å²) in [5.41, 5.74) is 13.1. The monoisotopic (exact) mass is 464 g/mol. The van der Waals surface area contributed by atoms with Crippen LogP contribution in [0, 0.1) is 6.92 Å². The van der Waals surface area contributed by atoms with Gasteiger partial charge in [-0.15, -0.1) is 0 Å². The van der Waals surface area contributed by atoms with Crippen LogP contribution in [0.4, 0.5) is 18.9 Å². The zero-order valence-electron chi connectivity index (χ0n) is 17.2. The van der Waals surface area contributed by atoms with E-state index >= 15 is 0 Å². The van der Waals surface area contributed by atoms with Gasteiger partial charge in [-0.1, -0.05) is 11.6 Å². The summed E-state index contributed by atoms with van der Waals surface area (Å²) in [7, 11) is 0. The van der Waals surface area contributed by atoms with E-state index in [1.165, 1.54) is 6.20 Å². The second-order valence-electron chi connectivity index (χ2n) is 7.11. The third-order valence-electron chi connectivity index (χ3n) is 4.48. The van der Waals surface area contributed by atoms with Gasteiger partial charge in [0.2, 0.25) is 0 Å². The van der Waals surface area contributed by atoms with Gasteiger partial charge in [0.15, 0.2) is 5.65 Å². The van der Waals surface area contributed by atoms with Crippen molar-refractivity contribution in [2.24, 2.45) is 11.5 Å². The zero-order chi connectivity index (χ0) is 23.6. The molecule has 0 fully saturated rings. The lowest BCUT2D eigenvalue weighted by Crippen LogP contribution is -2.14. The first kappa shape index (κ1) is 23.1. The van der Waals surface area contributed by atoms with Crippen molar-refractivity contribution in [3.8, 4) is 0 Å². The van der Waals surface area contributed by atoms with Crippen LogP contribution >= 0.6 is 11.6 Å². The molecule has 7 nitrogen and oxygen atoms in total. The molecule has 0 bridgehead atoms. The number of aryl methyl sites for hydroxylation is 1. The Morgan fingerprint density at radius 1 is 1.22 bits per heavy atom. The number of aromatic nitrogens is 3. The number of nitrogens with zero attached hydrogens (tertiary/aromatic N) is 3. The minimum absolute atomic E-state index is 0.0620. The number of fused-ring (bicyclic) bond motifs is 1. The number of halogens is 4. The van der Waals surface area contributed by atoms with Crippen LogP contribution in [0.5, 0.6) is 0 Å². The van der Waals surface area contributed by atoms with Crippen molar-refractivity contribution in [3.05, 3.63) is 75.9 Å². The van der Waals surface area contributed by atoms with Crippen molar-refractivity contribution in [2.75, 3.05) is 5.32 Å². The van der Waals surface area contributed by atoms with E-state index in [2.05, 4.69) is 15.4 Å². The van der Waals surface area contributed by atoms with E-state index in [9.17, 15) is 18.0 Å². The van der Waals surface area contributed by atoms with Crippen molar-refractivity contribution in [2.45, 2.75) is 26.6 Å². The second-order valence-corrected chi connectivity index (χ2v) is 7.49. The van der Waals surface area contributed by atoms with Gasteiger partial charge in [-0.05, 0) is 50.3 Å². The van der Waals surface area contributed by atoms with Crippen LogP contribution in [0.15, 0.2) is 54.0 Å². The van der Waals surface area contributed by atoms with E-state index in [0.717, 1.165) is 24.3 Å². The van der Waals surface area contributed by atoms with Gasteiger partial charge in [0.05, 0.1) is 33.8 Å². The first-order valence-corrected chi connectivity index (χ1v) is 9.73. The number of anilines is 1. The van der Waals surface area contributed by atoms with Crippen molar-refractivity contribution in [1.82, 2.24) is 14.8 Å². The number of nitrogens with one attached hydrogen (secondary N) is 1. The van der Waals surface area contributed by atoms with E-state index < -0.39 is 17.6 Å². The lowest BCUT2D eigenvalue weighted by molar-refractivity contribution is -0.137. The number of nitrogens with two attached hydrogens (primary N) is 2. The summed E-state index contributed by atoms with van der Waals surface area (Å²) in [6.07, 6.45) is 0.145. The Morgan fingerprint density at radius 3 is 2.47 bits per heavy atom. The number of amides is 1. The molecule has 5 N–H and O–H groups in total. The lowest BCUT2D eigenvalue weighted by atomic mass is 10.1. The molecule has 2 aromatic heterocycles. The number of allylic oxidation sites excluding steroid dienone is 4. The average Bonchev–Trinajstić information content (AvgIpc) is 3.02. The number of carbonyl (C=O) groups is 1. The summed E-state index contributed by atoms with van der Waals surface area (Å²) in [5, 5.41) is 7.52. The van der Waals surface area contributed by atoms with Crippen LogP contribution in [0.1, 0.15) is 28.5 Å². The van der Waals surface area contributed by atoms with Crippen LogP contribution in [0.2, 0.25) is 5.02 Å². The van der Waals surface area contributed by atoms with E-state index in [1.807, 2.05) is 0 Å². The van der Waals surface area contributed by atoms with E-state index in [-0.39, 0.29) is 22.8 Å². The Kier molecular flexibility index (Phi) is 6.45. The largest absolute Gasteiger partial charge is 0.416 e. The van der Waals surface area contributed by atoms with Gasteiger partial charge >= 0.3 is 6.18 Å². The zero-order valence-corrected chi connectivity index (χ0v) is 17.9. The molecule has 0 spiro atoms. The number of carbonyl (C=O) groups excluding carboxylic acids is 1. The van der Waals surface area contributed by atoms with Gasteiger partial charge in [-0.3, -0.25) is 4.79 Å². The van der Waals surface area contributed by atoms with Crippen molar-refractivity contribution < 1.29 is 18.0 Å². The Labute approximate surface area is 186 Å². The molecule has 0 saturated heterocycles. The molecular formula is C21H20ClF3N6O. The molecule has 3 aromatic rings. The van der Waals surface area contributed by atoms with Crippen molar-refractivity contribution >= 4 is 34.2 Å². The third-order valence-corrected chi connectivity index (χ3v) is 4.87. The summed E-state index contributed by atoms with van der Waals surface area (Å²) >= 11 is 6.47. The first-order chi connectivity index (χ1) is 15.0. The van der Waals surface area contributed by atoms with Crippen LogP contribution in [0.3, 0.4) is 0 Å². The highest BCUT2D eigenvalue weighted by Crippen LogP contribution is 2.31. The number of benzene rings is 1. The molecule has 0 atom stereocenters. The molecule has 11 heteroatoms. The summed E-state index contributed by atoms with van der Waals surface area (Å²) in [6, 6.07) is 4.09. The molecule has 0 saturated carbocycles. The highest BCUT2D eigenvalue weighted by Gasteiger charge is 2.30. The maximum atomic E-state index is 12.7. The molecule has 168 valence electrons. The van der Waals surface area contributed by atoms with Crippen LogP contribution < -0.4 is 16.8 Å². The minimum Gasteiger partial charge on any atom is -0.402 e. The number of pyridine rings is 1. The quantitative estimate of drug-likeness (QED) is 0.485. The predicted octanol–water partition coefficient (Wildman–Crippen LogP) is 4.37. The standard InChI is InChI=1S/C21H20ClF3N6O/c1-11(26)3-6-14(27)10-31-19-17(12(2)30-31)18(22)16(9-28-19)20(32)29-15-7-4-13(5-8-15)21(23,24)25/h3-9H,10,26-27H2,1-2H3,(H,29,32)/b11-3-,14-6-. The maximum Gasteiger partial charge on any atom is 0.416 e. The number of hydrogen-bond acceptors (Lipinski definition) is 5. The van der Waals surface area contributed by atoms with Crippen LogP contribution in [-0.2, 0) is 12.7 Å². The molecule has 0 aliphatic heterocycles. The molecule has 0 unspecified atom stereocenters. The van der Waals surface area contributed by atoms with Crippen molar-refractivity contribution in [1.29, 1.82) is 0 Å². The fraction of sp³-hybridized carbons (Fsp3) is 0.190. The molecule has 0 aliphatic rings. The summed E-state index contributed by atoms with van der Waals surface area (Å²) in [6.45, 7) is 3.68. The van der Waals surface area contributed by atoms with E-state index in [1.54, 1.807) is 30.7 Å². The molecule has 1 aromatic carbocycles. The summed E-state index contributed by atoms with van der Waals surface area (Å²) in [4.78, 5) is 17.0. The Bertz CT molecular complexity index is 1230. The Hall–Kier alpha value is -3.53. The van der Waals surface area contributed by atoms with Crippen LogP contribution in [0.25, 0.3) is 11.0 Å². The van der Waals surface area contributed by atoms with Gasteiger partial charge < -0.3 is 16.8 Å². The van der Waals surface area contributed by atoms with Gasteiger partial charge in [0.1, 0.15) is 0 Å². The van der Waals surface area contributed by atoms with Crippen molar-refractivity contribution in [3.63, 3.8) is 0 Å². The topological polar surface area (TPSA) is 112 Å². The number of rotatable bonds is 5. The summed E-state index contributed by atoms with van der Waals surface area (Å²) in [5.74, 6) is -0.612. The fourth-order valence-electron chi connectivity index (χ4n) is 2.95. The first-order valence-electron chi connectivity index (χ1n) is 9.36. The van der Waals surface area contributed by atoms with Gasteiger partial charge in [-0.2, -0.15) is 18.3 Å². The maximum absolute atomic E-state index is 12.7. The molecule has 2 heterocycles. The Morgan fingerprint density at radius 2 is 1.88 bits per heavy atom. The third kappa shape index (κ3) is 5.02. The Balaban J connectivity index is 1.88. The molecular weight excluding hydrogens is 445 g/mol. The van der Waals surface area contributed by atoms with Gasteiger partial charge in [-0.25, -0.2) is 9.67 Å². The lowest BCUT2D eigenvalue weighted by Gasteiger charge is -2.10. The highest BCUT2D eigenvalue weighted by molar-refractivity contribution is 6.39. The SMILES string of the molecule is C/C(N)=C/C=C(\N)Cn1nc(C)c2c(Cl)c(C(=O)Nc3ccc(C(F)(F)F)cc3)cnc21. The van der Waals surface area contributed by atoms with Gasteiger partial charge in [0.25, 0.3) is 5.91 Å². The van der Waals surface area contributed by atoms with Gasteiger partial charge in [0, 0.05) is 23.3 Å². The number of hydrogen-bond donors (Lipinski definition) is 3. The molecule has 32 heavy (non-hydrogen) atoms. The second kappa shape index (κ2) is 8.91. The minimum atomic E-state index is -4.46. The molecule has 3 rings (SSSR count). The fourth-order valence-corrected chi connectivity index (χ4v) is 3.30. The van der Waals surface area contributed by atoms with E-state index in [4.69, 9.17) is 23.1 Å².